The van der Waals surface area contributed by atoms with E-state index in [0.29, 0.717) is 22.8 Å². The molecule has 0 saturated carbocycles. The molecule has 20 heavy (non-hydrogen) atoms. The van der Waals surface area contributed by atoms with Crippen LogP contribution < -0.4 is 11.1 Å². The van der Waals surface area contributed by atoms with E-state index in [-0.39, 0.29) is 5.91 Å². The Morgan fingerprint density at radius 2 is 1.90 bits per heavy atom. The average molecular weight is 354 g/mol. The van der Waals surface area contributed by atoms with Crippen molar-refractivity contribution in [1.82, 2.24) is 0 Å². The molecule has 0 aliphatic rings. The van der Waals surface area contributed by atoms with Crippen LogP contribution >= 0.6 is 27.5 Å². The molecule has 5 heteroatoms. The Morgan fingerprint density at radius 3 is 2.50 bits per heavy atom. The lowest BCUT2D eigenvalue weighted by atomic mass is 10.1. The number of carbonyl (C=O) groups is 1. The van der Waals surface area contributed by atoms with Gasteiger partial charge in [0.25, 0.3) is 5.91 Å². The van der Waals surface area contributed by atoms with Gasteiger partial charge in [-0.2, -0.15) is 0 Å². The zero-order valence-electron chi connectivity index (χ0n) is 10.7. The molecule has 1 amide bonds. The van der Waals surface area contributed by atoms with Crippen LogP contribution in [-0.4, -0.2) is 12.5 Å². The summed E-state index contributed by atoms with van der Waals surface area (Å²) in [5.41, 5.74) is 7.88. The lowest BCUT2D eigenvalue weighted by Gasteiger charge is -2.07. The maximum atomic E-state index is 12.1. The maximum Gasteiger partial charge on any atom is 0.255 e. The zero-order chi connectivity index (χ0) is 14.5. The van der Waals surface area contributed by atoms with E-state index in [9.17, 15) is 4.79 Å². The van der Waals surface area contributed by atoms with Gasteiger partial charge >= 0.3 is 0 Å². The summed E-state index contributed by atoms with van der Waals surface area (Å²) in [6.07, 6.45) is 0.810. The number of halogens is 2. The lowest BCUT2D eigenvalue weighted by Crippen LogP contribution is -2.12. The first-order valence-electron chi connectivity index (χ1n) is 6.15. The molecule has 104 valence electrons. The van der Waals surface area contributed by atoms with Gasteiger partial charge in [-0.3, -0.25) is 4.79 Å². The summed E-state index contributed by atoms with van der Waals surface area (Å²) in [5, 5.41) is 3.37. The minimum atomic E-state index is -0.164. The second-order valence-electron chi connectivity index (χ2n) is 4.32. The van der Waals surface area contributed by atoms with Crippen molar-refractivity contribution >= 4 is 39.1 Å². The molecule has 0 aliphatic heterocycles. The Labute approximate surface area is 131 Å². The normalized spacial score (nSPS) is 10.3. The first-order chi connectivity index (χ1) is 9.60. The number of nitrogens with two attached hydrogens (primary N) is 1. The fraction of sp³-hybridized carbons (Fsp3) is 0.133. The number of hydrogen-bond acceptors (Lipinski definition) is 2. The van der Waals surface area contributed by atoms with Gasteiger partial charge in [0, 0.05) is 15.7 Å². The zero-order valence-corrected chi connectivity index (χ0v) is 13.0. The number of carbonyl (C=O) groups excluding carboxylic acids is 1. The molecule has 0 aromatic heterocycles. The number of amides is 1. The standard InChI is InChI=1S/C15H14BrClN2O/c16-13-6-5-12(9-14(13)17)19-15(20)11-3-1-10(2-4-11)7-8-18/h1-6,9H,7-8,18H2,(H,19,20). The monoisotopic (exact) mass is 352 g/mol. The van der Waals surface area contributed by atoms with Crippen LogP contribution in [-0.2, 0) is 6.42 Å². The van der Waals surface area contributed by atoms with E-state index in [0.717, 1.165) is 16.5 Å². The number of nitrogens with one attached hydrogen (secondary N) is 1. The molecule has 0 radical (unpaired) electrons. The molecule has 0 unspecified atom stereocenters. The maximum absolute atomic E-state index is 12.1. The molecule has 2 rings (SSSR count). The molecule has 2 aromatic carbocycles. The molecule has 0 aliphatic carbocycles. The summed E-state index contributed by atoms with van der Waals surface area (Å²) >= 11 is 9.30. The van der Waals surface area contributed by atoms with Crippen LogP contribution in [0.5, 0.6) is 0 Å². The molecule has 0 saturated heterocycles. The molecule has 0 bridgehead atoms. The van der Waals surface area contributed by atoms with Gasteiger partial charge in [-0.1, -0.05) is 23.7 Å². The molecular formula is C15H14BrClN2O. The molecule has 0 atom stereocenters. The van der Waals surface area contributed by atoms with Crippen LogP contribution in [0.15, 0.2) is 46.9 Å². The number of hydrogen-bond donors (Lipinski definition) is 2. The quantitative estimate of drug-likeness (QED) is 0.877. The van der Waals surface area contributed by atoms with Crippen LogP contribution in [0.2, 0.25) is 5.02 Å². The van der Waals surface area contributed by atoms with E-state index in [2.05, 4.69) is 21.2 Å². The predicted octanol–water partition coefficient (Wildman–Crippen LogP) is 3.86. The van der Waals surface area contributed by atoms with E-state index in [4.69, 9.17) is 17.3 Å². The Bertz CT molecular complexity index is 614. The Balaban J connectivity index is 2.09. The van der Waals surface area contributed by atoms with Gasteiger partial charge in [0.2, 0.25) is 0 Å². The van der Waals surface area contributed by atoms with E-state index >= 15 is 0 Å². The first-order valence-corrected chi connectivity index (χ1v) is 7.32. The summed E-state index contributed by atoms with van der Waals surface area (Å²) in [7, 11) is 0. The summed E-state index contributed by atoms with van der Waals surface area (Å²) < 4.78 is 0.795. The molecule has 3 N–H and O–H groups in total. The van der Waals surface area contributed by atoms with Gasteiger partial charge in [-0.15, -0.1) is 0 Å². The van der Waals surface area contributed by atoms with E-state index < -0.39 is 0 Å². The minimum absolute atomic E-state index is 0.164. The van der Waals surface area contributed by atoms with Gasteiger partial charge in [0.05, 0.1) is 5.02 Å². The van der Waals surface area contributed by atoms with Crippen molar-refractivity contribution < 1.29 is 4.79 Å². The van der Waals surface area contributed by atoms with E-state index in [1.807, 2.05) is 12.1 Å². The lowest BCUT2D eigenvalue weighted by molar-refractivity contribution is 0.102. The van der Waals surface area contributed by atoms with Crippen molar-refractivity contribution in [1.29, 1.82) is 0 Å². The van der Waals surface area contributed by atoms with Crippen LogP contribution in [0.3, 0.4) is 0 Å². The topological polar surface area (TPSA) is 55.1 Å². The molecule has 3 nitrogen and oxygen atoms in total. The van der Waals surface area contributed by atoms with Crippen molar-refractivity contribution in [3.05, 3.63) is 63.1 Å². The third-order valence-corrected chi connectivity index (χ3v) is 4.06. The Morgan fingerprint density at radius 1 is 1.20 bits per heavy atom. The van der Waals surface area contributed by atoms with Crippen LogP contribution in [0.25, 0.3) is 0 Å². The van der Waals surface area contributed by atoms with Crippen LogP contribution in [0.1, 0.15) is 15.9 Å². The van der Waals surface area contributed by atoms with Crippen molar-refractivity contribution in [3.63, 3.8) is 0 Å². The van der Waals surface area contributed by atoms with Crippen molar-refractivity contribution in [3.8, 4) is 0 Å². The highest BCUT2D eigenvalue weighted by atomic mass is 79.9. The van der Waals surface area contributed by atoms with E-state index in [1.165, 1.54) is 0 Å². The van der Waals surface area contributed by atoms with Gasteiger partial charge < -0.3 is 11.1 Å². The smallest absolute Gasteiger partial charge is 0.255 e. The SMILES string of the molecule is NCCc1ccc(C(=O)Nc2ccc(Br)c(Cl)c2)cc1. The average Bonchev–Trinajstić information content (AvgIpc) is 2.44. The molecule has 0 spiro atoms. The number of rotatable bonds is 4. The highest BCUT2D eigenvalue weighted by Crippen LogP contribution is 2.25. The summed E-state index contributed by atoms with van der Waals surface area (Å²) in [4.78, 5) is 12.1. The summed E-state index contributed by atoms with van der Waals surface area (Å²) in [6.45, 7) is 0.600. The highest BCUT2D eigenvalue weighted by Gasteiger charge is 2.07. The molecule has 0 fully saturated rings. The summed E-state index contributed by atoms with van der Waals surface area (Å²) in [5.74, 6) is -0.164. The van der Waals surface area contributed by atoms with Gasteiger partial charge in [0.15, 0.2) is 0 Å². The van der Waals surface area contributed by atoms with Crippen molar-refractivity contribution in [2.45, 2.75) is 6.42 Å². The van der Waals surface area contributed by atoms with E-state index in [1.54, 1.807) is 30.3 Å². The minimum Gasteiger partial charge on any atom is -0.330 e. The largest absolute Gasteiger partial charge is 0.330 e. The molecular weight excluding hydrogens is 340 g/mol. The van der Waals surface area contributed by atoms with Crippen molar-refractivity contribution in [2.75, 3.05) is 11.9 Å². The van der Waals surface area contributed by atoms with Crippen molar-refractivity contribution in [2.24, 2.45) is 5.73 Å². The van der Waals surface area contributed by atoms with Gasteiger partial charge in [0.1, 0.15) is 0 Å². The first kappa shape index (κ1) is 15.0. The number of benzene rings is 2. The second-order valence-corrected chi connectivity index (χ2v) is 5.58. The third-order valence-electron chi connectivity index (χ3n) is 2.83. The molecule has 0 heterocycles. The van der Waals surface area contributed by atoms with Gasteiger partial charge in [-0.25, -0.2) is 0 Å². The number of anilines is 1. The second kappa shape index (κ2) is 6.88. The predicted molar refractivity (Wildman–Crippen MR) is 86.3 cm³/mol. The fourth-order valence-corrected chi connectivity index (χ4v) is 2.19. The van der Waals surface area contributed by atoms with Gasteiger partial charge in [-0.05, 0) is 64.8 Å². The fourth-order valence-electron chi connectivity index (χ4n) is 1.77. The Hall–Kier alpha value is -1.36. The highest BCUT2D eigenvalue weighted by molar-refractivity contribution is 9.10. The summed E-state index contributed by atoms with van der Waals surface area (Å²) in [6, 6.07) is 12.7. The molecule has 2 aromatic rings. The Kier molecular flexibility index (Phi) is 5.17. The third kappa shape index (κ3) is 3.82. The van der Waals surface area contributed by atoms with Crippen LogP contribution in [0.4, 0.5) is 5.69 Å². The van der Waals surface area contributed by atoms with Crippen LogP contribution in [0, 0.1) is 0 Å².